The molecule has 0 aromatic rings. The Hall–Kier alpha value is -1.65. The predicted molar refractivity (Wildman–Crippen MR) is 193 cm³/mol. The number of unbranched alkanes of at least 4 members (excludes halogenated alkanes) is 20. The van der Waals surface area contributed by atoms with Crippen molar-refractivity contribution in [3.63, 3.8) is 0 Å². The molecule has 0 aromatic heterocycles. The molecule has 0 radical (unpaired) electrons. The van der Waals surface area contributed by atoms with Crippen LogP contribution in [0.5, 0.6) is 0 Å². The molecule has 0 aliphatic carbocycles. The molecular formula is C40H73NO3. The summed E-state index contributed by atoms with van der Waals surface area (Å²) in [5, 5.41) is 22.9. The first-order chi connectivity index (χ1) is 21.7. The third-order valence-corrected chi connectivity index (χ3v) is 8.26. The second-order valence-electron chi connectivity index (χ2n) is 12.6. The zero-order valence-corrected chi connectivity index (χ0v) is 29.2. The average Bonchev–Trinajstić information content (AvgIpc) is 3.03. The maximum Gasteiger partial charge on any atom is 0.220 e. The fraction of sp³-hybridized carbons (Fsp3) is 0.775. The van der Waals surface area contributed by atoms with Gasteiger partial charge in [-0.3, -0.25) is 4.79 Å². The monoisotopic (exact) mass is 616 g/mol. The van der Waals surface area contributed by atoms with Crippen LogP contribution in [0, 0.1) is 0 Å². The average molecular weight is 616 g/mol. The van der Waals surface area contributed by atoms with Gasteiger partial charge in [-0.25, -0.2) is 0 Å². The van der Waals surface area contributed by atoms with Crippen LogP contribution >= 0.6 is 0 Å². The molecule has 1 amide bonds. The van der Waals surface area contributed by atoms with E-state index in [-0.39, 0.29) is 12.5 Å². The molecule has 2 atom stereocenters. The second kappa shape index (κ2) is 35.8. The Kier molecular flexibility index (Phi) is 34.5. The fourth-order valence-corrected chi connectivity index (χ4v) is 5.32. The van der Waals surface area contributed by atoms with E-state index in [1.165, 1.54) is 122 Å². The number of allylic oxidation sites excluding steroid dienone is 7. The van der Waals surface area contributed by atoms with Crippen LogP contribution in [0.3, 0.4) is 0 Å². The zero-order chi connectivity index (χ0) is 32.2. The minimum absolute atomic E-state index is 0.0858. The Morgan fingerprint density at radius 2 is 0.886 bits per heavy atom. The molecule has 0 bridgehead atoms. The molecule has 0 aliphatic rings. The number of aliphatic hydroxyl groups is 2. The standard InChI is InChI=1S/C40H73NO3/c1-3-5-7-9-11-13-15-17-19-20-22-23-25-27-29-31-33-35-39(43)38(37-42)41-40(44)36-34-32-30-28-26-24-21-18-16-14-12-10-8-6-4-2/h14,16,19-20,25,27,33,35,38-39,42-43H,3-13,15,17-18,21-24,26,28-32,34,36-37H2,1-2H3,(H,41,44)/b16-14-,20-19+,27-25+,35-33+. The van der Waals surface area contributed by atoms with Gasteiger partial charge in [-0.1, -0.05) is 152 Å². The quantitative estimate of drug-likeness (QED) is 0.0508. The minimum atomic E-state index is -0.870. The van der Waals surface area contributed by atoms with Crippen molar-refractivity contribution in [2.45, 2.75) is 193 Å². The van der Waals surface area contributed by atoms with Gasteiger partial charge in [-0.2, -0.15) is 0 Å². The van der Waals surface area contributed by atoms with Crippen molar-refractivity contribution in [1.29, 1.82) is 0 Å². The van der Waals surface area contributed by atoms with Gasteiger partial charge in [-0.05, 0) is 70.6 Å². The van der Waals surface area contributed by atoms with E-state index < -0.39 is 12.1 Å². The van der Waals surface area contributed by atoms with E-state index in [2.05, 4.69) is 55.6 Å². The number of hydrogen-bond donors (Lipinski definition) is 3. The number of carbonyl (C=O) groups is 1. The Morgan fingerprint density at radius 3 is 1.34 bits per heavy atom. The van der Waals surface area contributed by atoms with Gasteiger partial charge in [0, 0.05) is 6.42 Å². The molecule has 4 nitrogen and oxygen atoms in total. The van der Waals surface area contributed by atoms with Crippen LogP contribution in [-0.2, 0) is 4.79 Å². The highest BCUT2D eigenvalue weighted by atomic mass is 16.3. The Morgan fingerprint density at radius 1 is 0.523 bits per heavy atom. The van der Waals surface area contributed by atoms with Crippen molar-refractivity contribution in [2.75, 3.05) is 6.61 Å². The van der Waals surface area contributed by atoms with Gasteiger partial charge >= 0.3 is 0 Å². The van der Waals surface area contributed by atoms with Gasteiger partial charge in [0.15, 0.2) is 0 Å². The Labute approximate surface area is 274 Å². The molecule has 0 rings (SSSR count). The molecule has 44 heavy (non-hydrogen) atoms. The number of hydrogen-bond acceptors (Lipinski definition) is 3. The molecule has 2 unspecified atom stereocenters. The lowest BCUT2D eigenvalue weighted by Crippen LogP contribution is -2.45. The maximum absolute atomic E-state index is 12.3. The molecule has 3 N–H and O–H groups in total. The van der Waals surface area contributed by atoms with Gasteiger partial charge in [0.25, 0.3) is 0 Å². The topological polar surface area (TPSA) is 69.6 Å². The number of amides is 1. The molecule has 0 saturated heterocycles. The summed E-state index contributed by atoms with van der Waals surface area (Å²) in [5.41, 5.74) is 0. The third-order valence-electron chi connectivity index (χ3n) is 8.26. The van der Waals surface area contributed by atoms with Crippen LogP contribution in [0.15, 0.2) is 48.6 Å². The Balaban J connectivity index is 3.72. The normalized spacial score (nSPS) is 13.6. The summed E-state index contributed by atoms with van der Waals surface area (Å²) in [7, 11) is 0. The van der Waals surface area contributed by atoms with Crippen LogP contribution < -0.4 is 5.32 Å². The van der Waals surface area contributed by atoms with Gasteiger partial charge < -0.3 is 15.5 Å². The molecular weight excluding hydrogens is 542 g/mol. The van der Waals surface area contributed by atoms with E-state index in [1.54, 1.807) is 6.08 Å². The number of nitrogens with one attached hydrogen (secondary N) is 1. The third kappa shape index (κ3) is 31.8. The van der Waals surface area contributed by atoms with Crippen molar-refractivity contribution in [2.24, 2.45) is 0 Å². The first kappa shape index (κ1) is 42.3. The van der Waals surface area contributed by atoms with Crippen LogP contribution in [0.2, 0.25) is 0 Å². The van der Waals surface area contributed by atoms with Gasteiger partial charge in [0.2, 0.25) is 5.91 Å². The molecule has 0 fully saturated rings. The van der Waals surface area contributed by atoms with E-state index in [4.69, 9.17) is 0 Å². The summed E-state index contributed by atoms with van der Waals surface area (Å²) >= 11 is 0. The maximum atomic E-state index is 12.3. The smallest absolute Gasteiger partial charge is 0.220 e. The van der Waals surface area contributed by atoms with Crippen LogP contribution in [0.4, 0.5) is 0 Å². The lowest BCUT2D eigenvalue weighted by Gasteiger charge is -2.19. The first-order valence-electron chi connectivity index (χ1n) is 18.9. The van der Waals surface area contributed by atoms with Crippen LogP contribution in [0.25, 0.3) is 0 Å². The van der Waals surface area contributed by atoms with Crippen molar-refractivity contribution in [1.82, 2.24) is 5.32 Å². The summed E-state index contributed by atoms with van der Waals surface area (Å²) in [4.78, 5) is 12.3. The molecule has 0 aliphatic heterocycles. The van der Waals surface area contributed by atoms with E-state index in [9.17, 15) is 15.0 Å². The zero-order valence-electron chi connectivity index (χ0n) is 29.2. The Bertz CT molecular complexity index is 711. The molecule has 0 spiro atoms. The van der Waals surface area contributed by atoms with Gasteiger partial charge in [0.05, 0.1) is 18.8 Å². The van der Waals surface area contributed by atoms with Gasteiger partial charge in [0.1, 0.15) is 0 Å². The highest BCUT2D eigenvalue weighted by molar-refractivity contribution is 5.76. The predicted octanol–water partition coefficient (Wildman–Crippen LogP) is 11.2. The van der Waals surface area contributed by atoms with E-state index >= 15 is 0 Å². The van der Waals surface area contributed by atoms with Crippen molar-refractivity contribution >= 4 is 5.91 Å². The fourth-order valence-electron chi connectivity index (χ4n) is 5.32. The van der Waals surface area contributed by atoms with E-state index in [0.717, 1.165) is 38.5 Å². The summed E-state index contributed by atoms with van der Waals surface area (Å²) in [6, 6.07) is -0.646. The first-order valence-corrected chi connectivity index (χ1v) is 18.9. The van der Waals surface area contributed by atoms with E-state index in [0.29, 0.717) is 6.42 Å². The molecule has 0 saturated carbocycles. The second-order valence-corrected chi connectivity index (χ2v) is 12.6. The summed E-state index contributed by atoms with van der Waals surface area (Å²) in [6.45, 7) is 4.26. The van der Waals surface area contributed by atoms with Crippen molar-refractivity contribution in [3.8, 4) is 0 Å². The van der Waals surface area contributed by atoms with Crippen molar-refractivity contribution < 1.29 is 15.0 Å². The minimum Gasteiger partial charge on any atom is -0.394 e. The van der Waals surface area contributed by atoms with Crippen LogP contribution in [-0.4, -0.2) is 34.9 Å². The van der Waals surface area contributed by atoms with Crippen LogP contribution in [0.1, 0.15) is 181 Å². The summed E-state index contributed by atoms with van der Waals surface area (Å²) in [5.74, 6) is -0.0858. The number of rotatable bonds is 33. The summed E-state index contributed by atoms with van der Waals surface area (Å²) in [6.07, 6.45) is 47.6. The highest BCUT2D eigenvalue weighted by Crippen LogP contribution is 2.12. The highest BCUT2D eigenvalue weighted by Gasteiger charge is 2.17. The lowest BCUT2D eigenvalue weighted by atomic mass is 10.1. The van der Waals surface area contributed by atoms with E-state index in [1.807, 2.05) is 6.08 Å². The number of carbonyl (C=O) groups excluding carboxylic acids is 1. The molecule has 256 valence electrons. The lowest BCUT2D eigenvalue weighted by molar-refractivity contribution is -0.123. The van der Waals surface area contributed by atoms with Crippen molar-refractivity contribution in [3.05, 3.63) is 48.6 Å². The largest absolute Gasteiger partial charge is 0.394 e. The molecule has 4 heteroatoms. The SMILES string of the molecule is CCCCCC/C=C\CCCCCCCCCC(=O)NC(CO)C(O)/C=C/CC/C=C/CC/C=C/CCCCCCCCC. The van der Waals surface area contributed by atoms with Gasteiger partial charge in [-0.15, -0.1) is 0 Å². The molecule has 0 aromatic carbocycles. The summed E-state index contributed by atoms with van der Waals surface area (Å²) < 4.78 is 0. The number of aliphatic hydroxyl groups excluding tert-OH is 2. The molecule has 0 heterocycles.